The number of hydrogen-bond donors (Lipinski definition) is 1. The van der Waals surface area contributed by atoms with Gasteiger partial charge in [-0.2, -0.15) is 0 Å². The molecule has 2 rings (SSSR count). The number of rotatable bonds is 7. The second-order valence-corrected chi connectivity index (χ2v) is 5.82. The maximum atomic E-state index is 12.3. The van der Waals surface area contributed by atoms with Crippen LogP contribution in [0.2, 0.25) is 0 Å². The molecule has 1 fully saturated rings. The Labute approximate surface area is 137 Å². The average Bonchev–Trinajstić information content (AvgIpc) is 3.08. The third-order valence-electron chi connectivity index (χ3n) is 4.29. The number of carbonyl (C=O) groups excluding carboxylic acids is 1. The fraction of sp³-hybridized carbons (Fsp3) is 0.588. The SMILES string of the molecule is COc1cc(NC(=O)CN(C)C2CCCC2)cc(OC)c1OC. The second kappa shape index (κ2) is 8.06. The number of carbonyl (C=O) groups is 1. The minimum atomic E-state index is -0.0475. The molecule has 0 spiro atoms. The van der Waals surface area contributed by atoms with Crippen molar-refractivity contribution >= 4 is 11.6 Å². The van der Waals surface area contributed by atoms with Crippen molar-refractivity contribution in [3.63, 3.8) is 0 Å². The predicted octanol–water partition coefficient (Wildman–Crippen LogP) is 2.53. The van der Waals surface area contributed by atoms with Gasteiger partial charge >= 0.3 is 0 Å². The van der Waals surface area contributed by atoms with Crippen LogP contribution in [0.5, 0.6) is 17.2 Å². The maximum Gasteiger partial charge on any atom is 0.238 e. The number of hydrogen-bond acceptors (Lipinski definition) is 5. The predicted molar refractivity (Wildman–Crippen MR) is 89.6 cm³/mol. The van der Waals surface area contributed by atoms with Crippen LogP contribution in [-0.2, 0) is 4.79 Å². The number of nitrogens with zero attached hydrogens (tertiary/aromatic N) is 1. The molecule has 23 heavy (non-hydrogen) atoms. The standard InChI is InChI=1S/C17H26N2O4/c1-19(13-7-5-6-8-13)11-16(20)18-12-9-14(21-2)17(23-4)15(10-12)22-3/h9-10,13H,5-8,11H2,1-4H3,(H,18,20). The number of amides is 1. The van der Waals surface area contributed by atoms with E-state index in [1.165, 1.54) is 25.7 Å². The molecule has 1 N–H and O–H groups in total. The summed E-state index contributed by atoms with van der Waals surface area (Å²) in [5.41, 5.74) is 0.629. The van der Waals surface area contributed by atoms with Gasteiger partial charge in [-0.05, 0) is 19.9 Å². The molecule has 1 saturated carbocycles. The highest BCUT2D eigenvalue weighted by molar-refractivity contribution is 5.93. The third-order valence-corrected chi connectivity index (χ3v) is 4.29. The number of benzene rings is 1. The highest BCUT2D eigenvalue weighted by Crippen LogP contribution is 2.39. The Bertz CT molecular complexity index is 516. The van der Waals surface area contributed by atoms with Gasteiger partial charge < -0.3 is 19.5 Å². The first-order chi connectivity index (χ1) is 11.1. The molecular weight excluding hydrogens is 296 g/mol. The molecule has 0 aromatic heterocycles. The molecule has 1 aliphatic carbocycles. The van der Waals surface area contributed by atoms with Crippen molar-refractivity contribution in [1.82, 2.24) is 4.90 Å². The van der Waals surface area contributed by atoms with Crippen molar-refractivity contribution in [2.75, 3.05) is 40.2 Å². The summed E-state index contributed by atoms with van der Waals surface area (Å²) in [5, 5.41) is 2.90. The van der Waals surface area contributed by atoms with Gasteiger partial charge in [0.25, 0.3) is 0 Å². The molecule has 1 amide bonds. The Morgan fingerprint density at radius 2 is 1.70 bits per heavy atom. The van der Waals surface area contributed by atoms with E-state index in [0.717, 1.165) is 0 Å². The van der Waals surface area contributed by atoms with E-state index < -0.39 is 0 Å². The van der Waals surface area contributed by atoms with Gasteiger partial charge in [0.1, 0.15) is 0 Å². The molecule has 6 heteroatoms. The molecule has 0 saturated heterocycles. The first-order valence-corrected chi connectivity index (χ1v) is 7.89. The van der Waals surface area contributed by atoms with Gasteiger partial charge in [-0.3, -0.25) is 9.69 Å². The number of nitrogens with one attached hydrogen (secondary N) is 1. The lowest BCUT2D eigenvalue weighted by Crippen LogP contribution is -2.36. The molecule has 0 bridgehead atoms. The van der Waals surface area contributed by atoms with Gasteiger partial charge in [0.15, 0.2) is 11.5 Å². The molecule has 0 unspecified atom stereocenters. The van der Waals surface area contributed by atoms with E-state index in [9.17, 15) is 4.79 Å². The number of anilines is 1. The van der Waals surface area contributed by atoms with Gasteiger partial charge in [0, 0.05) is 23.9 Å². The maximum absolute atomic E-state index is 12.3. The van der Waals surface area contributed by atoms with Gasteiger partial charge in [-0.1, -0.05) is 12.8 Å². The van der Waals surface area contributed by atoms with E-state index in [4.69, 9.17) is 14.2 Å². The summed E-state index contributed by atoms with van der Waals surface area (Å²) in [6.45, 7) is 0.376. The summed E-state index contributed by atoms with van der Waals surface area (Å²) in [7, 11) is 6.66. The molecule has 6 nitrogen and oxygen atoms in total. The van der Waals surface area contributed by atoms with Gasteiger partial charge in [0.05, 0.1) is 27.9 Å². The minimum Gasteiger partial charge on any atom is -0.493 e. The van der Waals surface area contributed by atoms with Crippen LogP contribution in [0.15, 0.2) is 12.1 Å². The van der Waals surface area contributed by atoms with Crippen LogP contribution < -0.4 is 19.5 Å². The Balaban J connectivity index is 2.05. The monoisotopic (exact) mass is 322 g/mol. The molecule has 1 aromatic carbocycles. The topological polar surface area (TPSA) is 60.0 Å². The molecule has 1 aliphatic rings. The minimum absolute atomic E-state index is 0.0475. The molecule has 128 valence electrons. The summed E-state index contributed by atoms with van der Waals surface area (Å²) < 4.78 is 15.9. The number of ether oxygens (including phenoxy) is 3. The normalized spacial score (nSPS) is 14.8. The van der Waals surface area contributed by atoms with Crippen molar-refractivity contribution in [2.24, 2.45) is 0 Å². The quantitative estimate of drug-likeness (QED) is 0.836. The summed E-state index contributed by atoms with van der Waals surface area (Å²) in [5.74, 6) is 1.50. The van der Waals surface area contributed by atoms with E-state index >= 15 is 0 Å². The van der Waals surface area contributed by atoms with Crippen molar-refractivity contribution < 1.29 is 19.0 Å². The Kier molecular flexibility index (Phi) is 6.10. The highest BCUT2D eigenvalue weighted by atomic mass is 16.5. The van der Waals surface area contributed by atoms with Crippen LogP contribution in [0.25, 0.3) is 0 Å². The van der Waals surface area contributed by atoms with Crippen molar-refractivity contribution in [3.05, 3.63) is 12.1 Å². The molecule has 0 aliphatic heterocycles. The van der Waals surface area contributed by atoms with Crippen molar-refractivity contribution in [2.45, 2.75) is 31.7 Å². The molecule has 0 atom stereocenters. The summed E-state index contributed by atoms with van der Waals surface area (Å²) in [4.78, 5) is 14.4. The lowest BCUT2D eigenvalue weighted by Gasteiger charge is -2.23. The van der Waals surface area contributed by atoms with E-state index in [0.29, 0.717) is 35.5 Å². The Morgan fingerprint density at radius 1 is 1.13 bits per heavy atom. The zero-order valence-corrected chi connectivity index (χ0v) is 14.3. The summed E-state index contributed by atoms with van der Waals surface area (Å²) >= 11 is 0. The van der Waals surface area contributed by atoms with Crippen molar-refractivity contribution in [1.29, 1.82) is 0 Å². The smallest absolute Gasteiger partial charge is 0.238 e. The Hall–Kier alpha value is -1.95. The van der Waals surface area contributed by atoms with Gasteiger partial charge in [-0.15, -0.1) is 0 Å². The molecule has 0 radical (unpaired) electrons. The second-order valence-electron chi connectivity index (χ2n) is 5.82. The molecule has 0 heterocycles. The fourth-order valence-electron chi connectivity index (χ4n) is 3.05. The lowest BCUT2D eigenvalue weighted by atomic mass is 10.2. The van der Waals surface area contributed by atoms with E-state index in [-0.39, 0.29) is 5.91 Å². The first-order valence-electron chi connectivity index (χ1n) is 7.89. The number of methoxy groups -OCH3 is 3. The third kappa shape index (κ3) is 4.28. The van der Waals surface area contributed by atoms with E-state index in [1.807, 2.05) is 7.05 Å². The first kappa shape index (κ1) is 17.4. The van der Waals surface area contributed by atoms with Crippen LogP contribution >= 0.6 is 0 Å². The van der Waals surface area contributed by atoms with Crippen molar-refractivity contribution in [3.8, 4) is 17.2 Å². The average molecular weight is 322 g/mol. The van der Waals surface area contributed by atoms with Crippen LogP contribution in [0.4, 0.5) is 5.69 Å². The summed E-state index contributed by atoms with van der Waals surface area (Å²) in [6.07, 6.45) is 4.86. The number of likely N-dealkylation sites (N-methyl/N-ethyl adjacent to an activating group) is 1. The van der Waals surface area contributed by atoms with Gasteiger partial charge in [0.2, 0.25) is 11.7 Å². The molecular formula is C17H26N2O4. The van der Waals surface area contributed by atoms with Crippen LogP contribution in [0.1, 0.15) is 25.7 Å². The van der Waals surface area contributed by atoms with Crippen LogP contribution in [-0.4, -0.2) is 51.8 Å². The zero-order valence-electron chi connectivity index (χ0n) is 14.3. The van der Waals surface area contributed by atoms with Crippen LogP contribution in [0, 0.1) is 0 Å². The largest absolute Gasteiger partial charge is 0.493 e. The van der Waals surface area contributed by atoms with Crippen LogP contribution in [0.3, 0.4) is 0 Å². The zero-order chi connectivity index (χ0) is 16.8. The fourth-order valence-corrected chi connectivity index (χ4v) is 3.05. The molecule has 1 aromatic rings. The summed E-state index contributed by atoms with van der Waals surface area (Å²) in [6, 6.07) is 3.98. The lowest BCUT2D eigenvalue weighted by molar-refractivity contribution is -0.117. The highest BCUT2D eigenvalue weighted by Gasteiger charge is 2.21. The Morgan fingerprint density at radius 3 is 2.17 bits per heavy atom. The van der Waals surface area contributed by atoms with Gasteiger partial charge in [-0.25, -0.2) is 0 Å². The van der Waals surface area contributed by atoms with E-state index in [1.54, 1.807) is 33.5 Å². The van der Waals surface area contributed by atoms with E-state index in [2.05, 4.69) is 10.2 Å².